The van der Waals surface area contributed by atoms with Crippen LogP contribution in [-0.2, 0) is 4.74 Å². The minimum absolute atomic E-state index is 0.277. The molecule has 1 aromatic heterocycles. The Morgan fingerprint density at radius 2 is 2.04 bits per heavy atom. The number of benzene rings is 1. The molecule has 26 heavy (non-hydrogen) atoms. The Bertz CT molecular complexity index is 728. The number of ether oxygens (including phenoxy) is 1. The van der Waals surface area contributed by atoms with E-state index in [2.05, 4.69) is 20.6 Å². The Hall–Kier alpha value is -2.09. The van der Waals surface area contributed by atoms with Gasteiger partial charge < -0.3 is 15.0 Å². The van der Waals surface area contributed by atoms with Crippen LogP contribution in [0.15, 0.2) is 36.5 Å². The third kappa shape index (κ3) is 4.75. The number of para-hydroxylation sites is 1. The monoisotopic (exact) mass is 377 g/mol. The van der Waals surface area contributed by atoms with Crippen LogP contribution in [0.4, 0.5) is 16.3 Å². The van der Waals surface area contributed by atoms with E-state index in [1.807, 2.05) is 22.9 Å². The Morgan fingerprint density at radius 1 is 1.27 bits per heavy atom. The molecule has 7 nitrogen and oxygen atoms in total. The molecule has 0 atom stereocenters. The number of urea groups is 1. The van der Waals surface area contributed by atoms with Crippen LogP contribution in [0.1, 0.15) is 18.9 Å². The fourth-order valence-corrected chi connectivity index (χ4v) is 3.33. The van der Waals surface area contributed by atoms with E-state index in [9.17, 15) is 4.79 Å². The maximum absolute atomic E-state index is 12.3. The van der Waals surface area contributed by atoms with Gasteiger partial charge in [0.1, 0.15) is 5.82 Å². The van der Waals surface area contributed by atoms with Crippen molar-refractivity contribution < 1.29 is 9.53 Å². The number of carbonyl (C=O) groups excluding carboxylic acids is 1. The summed E-state index contributed by atoms with van der Waals surface area (Å²) in [6.07, 6.45) is 3.70. The number of likely N-dealkylation sites (tertiary alicyclic amines) is 1. The van der Waals surface area contributed by atoms with E-state index in [0.29, 0.717) is 16.5 Å². The van der Waals surface area contributed by atoms with Gasteiger partial charge in [-0.2, -0.15) is 5.10 Å². The van der Waals surface area contributed by atoms with Gasteiger partial charge in [0.15, 0.2) is 0 Å². The number of amides is 2. The van der Waals surface area contributed by atoms with Crippen LogP contribution in [0, 0.1) is 0 Å². The van der Waals surface area contributed by atoms with Gasteiger partial charge in [0.05, 0.1) is 29.6 Å². The van der Waals surface area contributed by atoms with Crippen LogP contribution < -0.4 is 10.6 Å². The van der Waals surface area contributed by atoms with Crippen molar-refractivity contribution in [1.29, 1.82) is 0 Å². The van der Waals surface area contributed by atoms with E-state index in [0.717, 1.165) is 39.1 Å². The number of rotatable bonds is 6. The molecule has 1 fully saturated rings. The van der Waals surface area contributed by atoms with E-state index in [-0.39, 0.29) is 12.1 Å². The van der Waals surface area contributed by atoms with Gasteiger partial charge in [-0.3, -0.25) is 5.32 Å². The average molecular weight is 378 g/mol. The Labute approximate surface area is 158 Å². The second-order valence-corrected chi connectivity index (χ2v) is 6.69. The van der Waals surface area contributed by atoms with Crippen molar-refractivity contribution in [1.82, 2.24) is 14.7 Å². The lowest BCUT2D eigenvalue weighted by atomic mass is 10.1. The zero-order chi connectivity index (χ0) is 18.4. The number of carbonyl (C=O) groups is 1. The third-order valence-electron chi connectivity index (χ3n) is 4.55. The lowest BCUT2D eigenvalue weighted by molar-refractivity contribution is 0.120. The van der Waals surface area contributed by atoms with Crippen LogP contribution in [0.5, 0.6) is 0 Å². The standard InChI is InChI=1S/C18H24ClN5O2/c1-26-13-12-23-10-7-14(8-11-23)24-17(6-9-20-24)22-18(25)21-16-5-3-2-4-15(16)19/h2-6,9,14H,7-8,10-13H2,1H3,(H2,21,22,25). The van der Waals surface area contributed by atoms with Crippen LogP contribution in [0.3, 0.4) is 0 Å². The zero-order valence-corrected chi connectivity index (χ0v) is 15.6. The molecular formula is C18H24ClN5O2. The van der Waals surface area contributed by atoms with E-state index in [1.165, 1.54) is 0 Å². The van der Waals surface area contributed by atoms with E-state index >= 15 is 0 Å². The number of piperidine rings is 1. The van der Waals surface area contributed by atoms with Crippen molar-refractivity contribution in [3.8, 4) is 0 Å². The van der Waals surface area contributed by atoms with Crippen molar-refractivity contribution in [2.75, 3.05) is 44.0 Å². The summed E-state index contributed by atoms with van der Waals surface area (Å²) >= 11 is 6.08. The summed E-state index contributed by atoms with van der Waals surface area (Å²) in [6, 6.07) is 8.89. The van der Waals surface area contributed by atoms with Crippen LogP contribution in [-0.4, -0.2) is 54.1 Å². The summed E-state index contributed by atoms with van der Waals surface area (Å²) in [5.74, 6) is 0.685. The number of nitrogens with zero attached hydrogens (tertiary/aromatic N) is 3. The SMILES string of the molecule is COCCN1CCC(n2nccc2NC(=O)Nc2ccccc2Cl)CC1. The Kier molecular flexibility index (Phi) is 6.49. The molecule has 2 heterocycles. The number of nitrogens with one attached hydrogen (secondary N) is 2. The molecule has 2 N–H and O–H groups in total. The topological polar surface area (TPSA) is 71.4 Å². The molecule has 1 saturated heterocycles. The minimum Gasteiger partial charge on any atom is -0.383 e. The molecular weight excluding hydrogens is 354 g/mol. The number of hydrogen-bond acceptors (Lipinski definition) is 4. The molecule has 0 saturated carbocycles. The second-order valence-electron chi connectivity index (χ2n) is 6.29. The fraction of sp³-hybridized carbons (Fsp3) is 0.444. The normalized spacial score (nSPS) is 15.8. The van der Waals surface area contributed by atoms with Crippen LogP contribution in [0.25, 0.3) is 0 Å². The molecule has 3 rings (SSSR count). The first-order valence-corrected chi connectivity index (χ1v) is 9.12. The van der Waals surface area contributed by atoms with Crippen molar-refractivity contribution in [2.45, 2.75) is 18.9 Å². The van der Waals surface area contributed by atoms with Gasteiger partial charge >= 0.3 is 6.03 Å². The summed E-state index contributed by atoms with van der Waals surface area (Å²) < 4.78 is 7.04. The summed E-state index contributed by atoms with van der Waals surface area (Å²) in [5.41, 5.74) is 0.573. The highest BCUT2D eigenvalue weighted by atomic mass is 35.5. The predicted octanol–water partition coefficient (Wildman–Crippen LogP) is 3.46. The highest BCUT2D eigenvalue weighted by molar-refractivity contribution is 6.33. The van der Waals surface area contributed by atoms with E-state index in [1.54, 1.807) is 25.4 Å². The zero-order valence-electron chi connectivity index (χ0n) is 14.8. The van der Waals surface area contributed by atoms with E-state index < -0.39 is 0 Å². The molecule has 0 spiro atoms. The summed E-state index contributed by atoms with van der Waals surface area (Å²) in [4.78, 5) is 14.7. The number of aromatic nitrogens is 2. The lowest BCUT2D eigenvalue weighted by Crippen LogP contribution is -2.37. The average Bonchev–Trinajstić information content (AvgIpc) is 3.10. The highest BCUT2D eigenvalue weighted by Crippen LogP contribution is 2.26. The molecule has 2 amide bonds. The van der Waals surface area contributed by atoms with Gasteiger partial charge in [-0.25, -0.2) is 9.48 Å². The first-order valence-electron chi connectivity index (χ1n) is 8.74. The van der Waals surface area contributed by atoms with Gasteiger partial charge in [-0.15, -0.1) is 0 Å². The van der Waals surface area contributed by atoms with Gasteiger partial charge in [0, 0.05) is 32.8 Å². The van der Waals surface area contributed by atoms with E-state index in [4.69, 9.17) is 16.3 Å². The first-order chi connectivity index (χ1) is 12.7. The first kappa shape index (κ1) is 18.7. The molecule has 0 bridgehead atoms. The van der Waals surface area contributed by atoms with Gasteiger partial charge in [-0.05, 0) is 25.0 Å². The molecule has 1 aliphatic heterocycles. The summed E-state index contributed by atoms with van der Waals surface area (Å²) in [7, 11) is 1.72. The fourth-order valence-electron chi connectivity index (χ4n) is 3.14. The molecule has 2 aromatic rings. The molecule has 1 aromatic carbocycles. The quantitative estimate of drug-likeness (QED) is 0.808. The van der Waals surface area contributed by atoms with Crippen molar-refractivity contribution in [3.05, 3.63) is 41.6 Å². The highest BCUT2D eigenvalue weighted by Gasteiger charge is 2.23. The molecule has 0 radical (unpaired) electrons. The Morgan fingerprint density at radius 3 is 2.77 bits per heavy atom. The van der Waals surface area contributed by atoms with Crippen molar-refractivity contribution in [3.63, 3.8) is 0 Å². The van der Waals surface area contributed by atoms with Gasteiger partial charge in [0.25, 0.3) is 0 Å². The molecule has 0 aliphatic carbocycles. The lowest BCUT2D eigenvalue weighted by Gasteiger charge is -2.32. The smallest absolute Gasteiger partial charge is 0.324 e. The molecule has 1 aliphatic rings. The second kappa shape index (κ2) is 9.02. The van der Waals surface area contributed by atoms with Crippen LogP contribution >= 0.6 is 11.6 Å². The third-order valence-corrected chi connectivity index (χ3v) is 4.88. The summed E-state index contributed by atoms with van der Waals surface area (Å²) in [6.45, 7) is 3.70. The Balaban J connectivity index is 1.57. The van der Waals surface area contributed by atoms with Crippen LogP contribution in [0.2, 0.25) is 5.02 Å². The predicted molar refractivity (Wildman–Crippen MR) is 103 cm³/mol. The van der Waals surface area contributed by atoms with Gasteiger partial charge in [0.2, 0.25) is 0 Å². The largest absolute Gasteiger partial charge is 0.383 e. The molecule has 0 unspecified atom stereocenters. The van der Waals surface area contributed by atoms with Gasteiger partial charge in [-0.1, -0.05) is 23.7 Å². The number of hydrogen-bond donors (Lipinski definition) is 2. The maximum Gasteiger partial charge on any atom is 0.324 e. The molecule has 8 heteroatoms. The van der Waals surface area contributed by atoms with Crippen molar-refractivity contribution in [2.24, 2.45) is 0 Å². The summed E-state index contributed by atoms with van der Waals surface area (Å²) in [5, 5.41) is 10.5. The number of methoxy groups -OCH3 is 1. The maximum atomic E-state index is 12.3. The number of anilines is 2. The minimum atomic E-state index is -0.336. The molecule has 140 valence electrons. The number of halogens is 1. The van der Waals surface area contributed by atoms with Crippen molar-refractivity contribution >= 4 is 29.1 Å².